The van der Waals surface area contributed by atoms with E-state index in [0.717, 1.165) is 6.42 Å². The van der Waals surface area contributed by atoms with Crippen molar-refractivity contribution in [1.29, 1.82) is 0 Å². The number of aliphatic carboxylic acids is 1. The fraction of sp³-hybridized carbons (Fsp3) is 0.692. The molecule has 1 aromatic rings. The van der Waals surface area contributed by atoms with E-state index in [1.54, 1.807) is 18.9 Å². The topological polar surface area (TPSA) is 102 Å². The number of aryl methyl sites for hydroxylation is 2. The molecule has 1 atom stereocenters. The summed E-state index contributed by atoms with van der Waals surface area (Å²) in [6.45, 7) is 4.02. The maximum atomic E-state index is 11.6. The van der Waals surface area contributed by atoms with Crippen molar-refractivity contribution in [3.05, 3.63) is 15.8 Å². The van der Waals surface area contributed by atoms with Gasteiger partial charge in [0, 0.05) is 13.6 Å². The van der Waals surface area contributed by atoms with E-state index in [4.69, 9.17) is 0 Å². The van der Waals surface area contributed by atoms with Crippen LogP contribution < -0.4 is 4.90 Å². The third-order valence-electron chi connectivity index (χ3n) is 4.09. The van der Waals surface area contributed by atoms with Gasteiger partial charge < -0.3 is 10.0 Å². The van der Waals surface area contributed by atoms with Gasteiger partial charge in [-0.15, -0.1) is 0 Å². The number of hydrogen-bond acceptors (Lipinski definition) is 5. The highest BCUT2D eigenvalue weighted by molar-refractivity contribution is 5.85. The van der Waals surface area contributed by atoms with Crippen LogP contribution in [0.3, 0.4) is 0 Å². The zero-order valence-electron chi connectivity index (χ0n) is 12.5. The fourth-order valence-electron chi connectivity index (χ4n) is 2.98. The van der Waals surface area contributed by atoms with Gasteiger partial charge in [-0.2, -0.15) is 5.10 Å². The number of rotatable bonds is 5. The lowest BCUT2D eigenvalue weighted by Crippen LogP contribution is -2.49. The van der Waals surface area contributed by atoms with Crippen molar-refractivity contribution in [1.82, 2.24) is 9.78 Å². The number of nitro groups is 1. The predicted octanol–water partition coefficient (Wildman–Crippen LogP) is 1.72. The molecule has 1 aliphatic rings. The van der Waals surface area contributed by atoms with Crippen molar-refractivity contribution < 1.29 is 14.8 Å². The first-order valence-electron chi connectivity index (χ1n) is 7.04. The van der Waals surface area contributed by atoms with E-state index in [-0.39, 0.29) is 5.69 Å². The molecule has 1 aliphatic heterocycles. The number of anilines is 1. The van der Waals surface area contributed by atoms with Crippen LogP contribution in [0.15, 0.2) is 0 Å². The molecular weight excluding hydrogens is 276 g/mol. The summed E-state index contributed by atoms with van der Waals surface area (Å²) in [6.07, 6.45) is 2.40. The molecule has 21 heavy (non-hydrogen) atoms. The maximum Gasteiger partial charge on any atom is 0.334 e. The van der Waals surface area contributed by atoms with Crippen LogP contribution in [0.5, 0.6) is 0 Å². The zero-order chi connectivity index (χ0) is 15.8. The Morgan fingerprint density at radius 2 is 2.24 bits per heavy atom. The van der Waals surface area contributed by atoms with Gasteiger partial charge in [-0.05, 0) is 26.2 Å². The smallest absolute Gasteiger partial charge is 0.334 e. The van der Waals surface area contributed by atoms with Gasteiger partial charge in [-0.25, -0.2) is 9.48 Å². The van der Waals surface area contributed by atoms with Gasteiger partial charge in [0.15, 0.2) is 0 Å². The Bertz CT molecular complexity index is 583. The van der Waals surface area contributed by atoms with E-state index in [1.807, 2.05) is 6.92 Å². The summed E-state index contributed by atoms with van der Waals surface area (Å²) in [5.74, 6) is -0.668. The second-order valence-electron chi connectivity index (χ2n) is 5.58. The van der Waals surface area contributed by atoms with Gasteiger partial charge in [0.25, 0.3) is 0 Å². The second-order valence-corrected chi connectivity index (χ2v) is 5.58. The largest absolute Gasteiger partial charge is 0.480 e. The summed E-state index contributed by atoms with van der Waals surface area (Å²) in [6, 6.07) is 0. The van der Waals surface area contributed by atoms with Crippen LogP contribution in [-0.2, 0) is 18.3 Å². The summed E-state index contributed by atoms with van der Waals surface area (Å²) in [7, 11) is 1.63. The number of carboxylic acids is 1. The molecule has 1 saturated heterocycles. The molecule has 0 aliphatic carbocycles. The zero-order valence-corrected chi connectivity index (χ0v) is 12.5. The number of carbonyl (C=O) groups is 1. The molecule has 8 nitrogen and oxygen atoms in total. The standard InChI is InChI=1S/C13H20N4O4/c1-4-6-9-10(17(20)21)11(15(3)14-9)16-8-5-7-13(16,2)12(18)19/h4-8H2,1-3H3,(H,18,19). The lowest BCUT2D eigenvalue weighted by Gasteiger charge is -2.32. The Balaban J connectivity index is 2.58. The highest BCUT2D eigenvalue weighted by Gasteiger charge is 2.47. The average Bonchev–Trinajstić information content (AvgIpc) is 2.91. The van der Waals surface area contributed by atoms with Crippen LogP contribution in [0, 0.1) is 10.1 Å². The second kappa shape index (κ2) is 5.34. The molecule has 1 unspecified atom stereocenters. The Morgan fingerprint density at radius 1 is 1.57 bits per heavy atom. The van der Waals surface area contributed by atoms with Crippen molar-refractivity contribution in [2.45, 2.75) is 45.1 Å². The summed E-state index contributed by atoms with van der Waals surface area (Å²) in [5.41, 5.74) is -0.768. The predicted molar refractivity (Wildman–Crippen MR) is 76.5 cm³/mol. The maximum absolute atomic E-state index is 11.6. The average molecular weight is 296 g/mol. The molecule has 1 aromatic heterocycles. The summed E-state index contributed by atoms with van der Waals surface area (Å²) in [5, 5.41) is 25.2. The third kappa shape index (κ3) is 2.34. The highest BCUT2D eigenvalue weighted by atomic mass is 16.6. The first-order valence-corrected chi connectivity index (χ1v) is 7.04. The molecule has 0 amide bonds. The van der Waals surface area contributed by atoms with E-state index in [2.05, 4.69) is 5.10 Å². The Labute approximate surface area is 122 Å². The van der Waals surface area contributed by atoms with Gasteiger partial charge >= 0.3 is 11.7 Å². The lowest BCUT2D eigenvalue weighted by atomic mass is 9.99. The van der Waals surface area contributed by atoms with Crippen molar-refractivity contribution in [3.63, 3.8) is 0 Å². The SMILES string of the molecule is CCCc1nn(C)c(N2CCCC2(C)C(=O)O)c1[N+](=O)[O-]. The van der Waals surface area contributed by atoms with Crippen LogP contribution in [-0.4, -0.2) is 37.9 Å². The lowest BCUT2D eigenvalue weighted by molar-refractivity contribution is -0.384. The quantitative estimate of drug-likeness (QED) is 0.655. The minimum absolute atomic E-state index is 0.0614. The first kappa shape index (κ1) is 15.3. The van der Waals surface area contributed by atoms with E-state index in [1.165, 1.54) is 4.68 Å². The normalized spacial score (nSPS) is 21.8. The summed E-state index contributed by atoms with van der Waals surface area (Å²) in [4.78, 5) is 24.2. The number of nitrogens with zero attached hydrogens (tertiary/aromatic N) is 4. The third-order valence-corrected chi connectivity index (χ3v) is 4.09. The number of hydrogen-bond donors (Lipinski definition) is 1. The number of carboxylic acid groups (broad SMARTS) is 1. The molecule has 0 spiro atoms. The molecule has 1 fully saturated rings. The molecule has 0 bridgehead atoms. The van der Waals surface area contributed by atoms with Crippen LogP contribution in [0.1, 0.15) is 38.8 Å². The van der Waals surface area contributed by atoms with Gasteiger partial charge in [-0.3, -0.25) is 10.1 Å². The molecular formula is C13H20N4O4. The van der Waals surface area contributed by atoms with E-state index in [0.29, 0.717) is 37.3 Å². The molecule has 0 saturated carbocycles. The molecule has 0 radical (unpaired) electrons. The van der Waals surface area contributed by atoms with Crippen LogP contribution in [0.25, 0.3) is 0 Å². The molecule has 0 aromatic carbocycles. The van der Waals surface area contributed by atoms with E-state index < -0.39 is 16.4 Å². The van der Waals surface area contributed by atoms with Gasteiger partial charge in [0.2, 0.25) is 5.82 Å². The minimum atomic E-state index is -1.12. The molecule has 116 valence electrons. The van der Waals surface area contributed by atoms with Crippen molar-refractivity contribution in [2.75, 3.05) is 11.4 Å². The van der Waals surface area contributed by atoms with Crippen LogP contribution >= 0.6 is 0 Å². The Morgan fingerprint density at radius 3 is 2.76 bits per heavy atom. The van der Waals surface area contributed by atoms with Gasteiger partial charge in [-0.1, -0.05) is 13.3 Å². The monoisotopic (exact) mass is 296 g/mol. The minimum Gasteiger partial charge on any atom is -0.480 e. The van der Waals surface area contributed by atoms with Gasteiger partial charge in [0.05, 0.1) is 4.92 Å². The van der Waals surface area contributed by atoms with Gasteiger partial charge in [0.1, 0.15) is 11.2 Å². The van der Waals surface area contributed by atoms with Crippen LogP contribution in [0.2, 0.25) is 0 Å². The molecule has 8 heteroatoms. The Kier molecular flexibility index (Phi) is 3.89. The first-order chi connectivity index (χ1) is 9.82. The number of aromatic nitrogens is 2. The molecule has 2 rings (SSSR count). The van der Waals surface area contributed by atoms with E-state index in [9.17, 15) is 20.0 Å². The van der Waals surface area contributed by atoms with Crippen molar-refractivity contribution in [3.8, 4) is 0 Å². The Hall–Kier alpha value is -2.12. The van der Waals surface area contributed by atoms with Crippen LogP contribution in [0.4, 0.5) is 11.5 Å². The molecule has 1 N–H and O–H groups in total. The molecule has 2 heterocycles. The highest BCUT2D eigenvalue weighted by Crippen LogP contribution is 2.40. The summed E-state index contributed by atoms with van der Waals surface area (Å²) >= 11 is 0. The van der Waals surface area contributed by atoms with Crippen molar-refractivity contribution in [2.24, 2.45) is 7.05 Å². The fourth-order valence-corrected chi connectivity index (χ4v) is 2.98. The van der Waals surface area contributed by atoms with E-state index >= 15 is 0 Å². The van der Waals surface area contributed by atoms with Crippen molar-refractivity contribution >= 4 is 17.5 Å². The summed E-state index contributed by atoms with van der Waals surface area (Å²) < 4.78 is 1.44.